The van der Waals surface area contributed by atoms with Crippen LogP contribution in [-0.4, -0.2) is 50.8 Å². The third-order valence-electron chi connectivity index (χ3n) is 7.42. The summed E-state index contributed by atoms with van der Waals surface area (Å²) in [5.74, 6) is -1.17. The van der Waals surface area contributed by atoms with Crippen molar-refractivity contribution >= 4 is 33.7 Å². The molecule has 0 bridgehead atoms. The molecule has 1 aliphatic carbocycles. The smallest absolute Gasteiger partial charge is 0.328 e. The summed E-state index contributed by atoms with van der Waals surface area (Å²) in [7, 11) is -2.03. The van der Waals surface area contributed by atoms with Gasteiger partial charge < -0.3 is 9.64 Å². The van der Waals surface area contributed by atoms with Gasteiger partial charge >= 0.3 is 6.03 Å². The molecule has 2 unspecified atom stereocenters. The van der Waals surface area contributed by atoms with Crippen LogP contribution in [0.15, 0.2) is 34.8 Å². The third kappa shape index (κ3) is 4.49. The summed E-state index contributed by atoms with van der Waals surface area (Å²) in [6.45, 7) is 5.32. The van der Waals surface area contributed by atoms with Gasteiger partial charge in [0.1, 0.15) is 9.61 Å². The van der Waals surface area contributed by atoms with Crippen molar-refractivity contribution in [2.24, 2.45) is 13.0 Å². The predicted molar refractivity (Wildman–Crippen MR) is 137 cm³/mol. The first-order valence-electron chi connectivity index (χ1n) is 12.2. The number of thioether (sulfide) groups is 1. The second kappa shape index (κ2) is 8.69. The van der Waals surface area contributed by atoms with Crippen LogP contribution in [0.1, 0.15) is 47.6 Å². The van der Waals surface area contributed by atoms with Crippen LogP contribution in [0, 0.1) is 12.8 Å². The van der Waals surface area contributed by atoms with E-state index in [9.17, 15) is 18.0 Å². The third-order valence-corrected chi connectivity index (χ3v) is 11.0. The van der Waals surface area contributed by atoms with Gasteiger partial charge in [0.25, 0.3) is 0 Å². The van der Waals surface area contributed by atoms with Gasteiger partial charge in [-0.3, -0.25) is 14.4 Å². The zero-order chi connectivity index (χ0) is 26.1. The number of sulfonamides is 1. The van der Waals surface area contributed by atoms with E-state index in [0.717, 1.165) is 46.9 Å². The molecule has 2 aromatic rings. The zero-order valence-corrected chi connectivity index (χ0v) is 22.6. The molecule has 4 aliphatic rings. The Morgan fingerprint density at radius 1 is 1.19 bits per heavy atom. The lowest BCUT2D eigenvalue weighted by molar-refractivity contribution is -0.135. The summed E-state index contributed by atoms with van der Waals surface area (Å²) in [5, 5.41) is 3.51. The Kier molecular flexibility index (Phi) is 5.79. The Hall–Kier alpha value is -2.67. The highest BCUT2D eigenvalue weighted by atomic mass is 32.3. The van der Waals surface area contributed by atoms with Crippen molar-refractivity contribution in [2.45, 2.75) is 63.9 Å². The Morgan fingerprint density at radius 2 is 1.97 bits per heavy atom. The molecule has 4 heterocycles. The van der Waals surface area contributed by atoms with E-state index in [4.69, 9.17) is 4.74 Å². The number of aryl methyl sites for hydroxylation is 2. The van der Waals surface area contributed by atoms with E-state index in [1.165, 1.54) is 16.5 Å². The lowest BCUT2D eigenvalue weighted by atomic mass is 9.99. The van der Waals surface area contributed by atoms with E-state index in [0.29, 0.717) is 13.2 Å². The second-order valence-electron chi connectivity index (χ2n) is 10.6. The van der Waals surface area contributed by atoms with E-state index < -0.39 is 38.8 Å². The van der Waals surface area contributed by atoms with E-state index in [1.807, 2.05) is 26.0 Å². The molecule has 1 aromatic heterocycles. The van der Waals surface area contributed by atoms with Crippen molar-refractivity contribution in [1.82, 2.24) is 24.3 Å². The van der Waals surface area contributed by atoms with Gasteiger partial charge in [-0.15, -0.1) is 0 Å². The number of urea groups is 1. The average molecular weight is 544 g/mol. The minimum Gasteiger partial charge on any atom is -0.372 e. The summed E-state index contributed by atoms with van der Waals surface area (Å²) in [5.41, 5.74) is 4.57. The van der Waals surface area contributed by atoms with Gasteiger partial charge in [0.05, 0.1) is 31.9 Å². The Morgan fingerprint density at radius 3 is 2.68 bits per heavy atom. The second-order valence-corrected chi connectivity index (χ2v) is 13.7. The molecule has 1 saturated heterocycles. The van der Waals surface area contributed by atoms with Crippen molar-refractivity contribution in [2.75, 3.05) is 0 Å². The van der Waals surface area contributed by atoms with Gasteiger partial charge in [-0.1, -0.05) is 23.9 Å². The fourth-order valence-electron chi connectivity index (χ4n) is 5.16. The van der Waals surface area contributed by atoms with E-state index in [1.54, 1.807) is 29.0 Å². The number of ether oxygens (including phenoxy) is 1. The number of benzene rings is 1. The molecular formula is C25H29N5O5S2. The molecule has 0 spiro atoms. The quantitative estimate of drug-likeness (QED) is 0.571. The summed E-state index contributed by atoms with van der Waals surface area (Å²) in [6.07, 6.45) is 6.46. The van der Waals surface area contributed by atoms with E-state index >= 15 is 0 Å². The molecule has 196 valence electrons. The van der Waals surface area contributed by atoms with Crippen LogP contribution in [-0.2, 0) is 52.9 Å². The fourth-order valence-corrected chi connectivity index (χ4v) is 8.47. The Bertz CT molecular complexity index is 1450. The molecular weight excluding hydrogens is 514 g/mol. The first-order chi connectivity index (χ1) is 17.5. The summed E-state index contributed by atoms with van der Waals surface area (Å²) >= 11 is 1.07. The fraction of sp³-hybridized carbons (Fsp3) is 0.480. The maximum atomic E-state index is 13.8. The molecule has 1 N–H and O–H groups in total. The van der Waals surface area contributed by atoms with Crippen LogP contribution < -0.4 is 4.72 Å². The minimum absolute atomic E-state index is 0.0686. The van der Waals surface area contributed by atoms with E-state index in [2.05, 4.69) is 9.82 Å². The largest absolute Gasteiger partial charge is 0.372 e. The Balaban J connectivity index is 1.34. The van der Waals surface area contributed by atoms with Crippen LogP contribution >= 0.6 is 11.8 Å². The lowest BCUT2D eigenvalue weighted by Crippen LogP contribution is -2.58. The number of fused-ring (bicyclic) bond motifs is 2. The topological polar surface area (TPSA) is 114 Å². The molecule has 6 rings (SSSR count). The number of nitrogens with one attached hydrogen (secondary N) is 1. The highest BCUT2D eigenvalue weighted by Crippen LogP contribution is 2.47. The van der Waals surface area contributed by atoms with Crippen LogP contribution in [0.4, 0.5) is 4.79 Å². The monoisotopic (exact) mass is 543 g/mol. The molecule has 12 heteroatoms. The van der Waals surface area contributed by atoms with Crippen molar-refractivity contribution < 1.29 is 22.7 Å². The first-order valence-corrected chi connectivity index (χ1v) is 14.6. The molecule has 37 heavy (non-hydrogen) atoms. The van der Waals surface area contributed by atoms with Gasteiger partial charge in [0.2, 0.25) is 15.9 Å². The molecule has 2 atom stereocenters. The first kappa shape index (κ1) is 24.7. The number of aromatic nitrogens is 2. The zero-order valence-electron chi connectivity index (χ0n) is 20.9. The number of nitrogens with zero attached hydrogens (tertiary/aromatic N) is 4. The minimum atomic E-state index is -3.80. The highest BCUT2D eigenvalue weighted by Gasteiger charge is 2.52. The van der Waals surface area contributed by atoms with Crippen LogP contribution in [0.2, 0.25) is 0 Å². The average Bonchev–Trinajstić information content (AvgIpc) is 3.26. The molecule has 3 aliphatic heterocycles. The number of imide groups is 1. The highest BCUT2D eigenvalue weighted by molar-refractivity contribution is 8.18. The summed E-state index contributed by atoms with van der Waals surface area (Å²) in [4.78, 5) is 30.2. The summed E-state index contributed by atoms with van der Waals surface area (Å²) in [6, 6.07) is 3.64. The van der Waals surface area contributed by atoms with Crippen LogP contribution in [0.5, 0.6) is 0 Å². The molecule has 3 amide bonds. The number of carbonyl (C=O) groups excluding carboxylic acids is 2. The maximum Gasteiger partial charge on any atom is 0.328 e. The molecule has 0 radical (unpaired) electrons. The number of carbonyl (C=O) groups is 2. The number of hydrogen-bond acceptors (Lipinski definition) is 7. The molecule has 1 aromatic carbocycles. The normalized spacial score (nSPS) is 24.4. The molecule has 2 fully saturated rings. The van der Waals surface area contributed by atoms with E-state index in [-0.39, 0.29) is 17.3 Å². The Labute approximate surface area is 220 Å². The van der Waals surface area contributed by atoms with Gasteiger partial charge in [0, 0.05) is 30.9 Å². The van der Waals surface area contributed by atoms with Crippen molar-refractivity contribution in [3.8, 4) is 0 Å². The van der Waals surface area contributed by atoms with Gasteiger partial charge in [0.15, 0.2) is 0 Å². The molecule has 1 saturated carbocycles. The number of amides is 3. The van der Waals surface area contributed by atoms with Crippen LogP contribution in [0.25, 0.3) is 0 Å². The van der Waals surface area contributed by atoms with Gasteiger partial charge in [-0.2, -0.15) is 5.10 Å². The van der Waals surface area contributed by atoms with Crippen molar-refractivity contribution in [3.05, 3.63) is 62.7 Å². The number of hydrogen-bond donors (Lipinski definition) is 1. The van der Waals surface area contributed by atoms with Crippen molar-refractivity contribution in [3.63, 3.8) is 0 Å². The predicted octanol–water partition coefficient (Wildman–Crippen LogP) is 2.73. The van der Waals surface area contributed by atoms with Crippen LogP contribution in [0.3, 0.4) is 0 Å². The number of rotatable bonds is 7. The van der Waals surface area contributed by atoms with Crippen molar-refractivity contribution in [1.29, 1.82) is 0 Å². The maximum absolute atomic E-state index is 13.8. The summed E-state index contributed by atoms with van der Waals surface area (Å²) < 4.78 is 36.4. The van der Waals surface area contributed by atoms with Gasteiger partial charge in [-0.25, -0.2) is 17.9 Å². The SMILES string of the molecule is Cc1cc(CN2C(=O)N(Cc3cnn(C)c3)C(=O)C3C=C(S(=O)(=O)NC4(C)CC4)SC32)cc2c1COC2. The lowest BCUT2D eigenvalue weighted by Gasteiger charge is -2.41. The van der Waals surface area contributed by atoms with Gasteiger partial charge in [-0.05, 0) is 55.0 Å². The molecule has 10 nitrogen and oxygen atoms in total. The standard InChI is InChI=1S/C25H29N5O5S2/c1-15-6-16(7-18-13-35-14-20(15)18)11-30-23-19(8-21(36-23)37(33,34)27-25(2)4-5-25)22(31)29(24(30)32)12-17-9-26-28(3)10-17/h6-10,19,23,27H,4-5,11-14H2,1-3H3.